The van der Waals surface area contributed by atoms with Gasteiger partial charge in [0, 0.05) is 6.54 Å². The quantitative estimate of drug-likeness (QED) is 0.666. The van der Waals surface area contributed by atoms with E-state index in [1.165, 1.54) is 0 Å². The summed E-state index contributed by atoms with van der Waals surface area (Å²) in [6.07, 6.45) is 1.01. The van der Waals surface area contributed by atoms with Crippen molar-refractivity contribution in [3.63, 3.8) is 0 Å². The Balaban J connectivity index is 4.38. The van der Waals surface area contributed by atoms with Crippen molar-refractivity contribution in [1.82, 2.24) is 5.32 Å². The van der Waals surface area contributed by atoms with Gasteiger partial charge in [0.2, 0.25) is 0 Å². The number of aliphatic hydroxyl groups excluding tert-OH is 1. The molecular formula is C15H31NO3. The molecule has 0 bridgehead atoms. The fourth-order valence-corrected chi connectivity index (χ4v) is 2.16. The minimum Gasteiger partial charge on any atom is -0.463 e. The fourth-order valence-electron chi connectivity index (χ4n) is 2.16. The Morgan fingerprint density at radius 2 is 1.89 bits per heavy atom. The van der Waals surface area contributed by atoms with E-state index in [1.54, 1.807) is 7.05 Å². The van der Waals surface area contributed by atoms with Gasteiger partial charge in [-0.05, 0) is 31.2 Å². The van der Waals surface area contributed by atoms with E-state index in [0.29, 0.717) is 12.5 Å². The number of carbonyl (C=O) groups is 1. The summed E-state index contributed by atoms with van der Waals surface area (Å²) >= 11 is 0. The molecule has 0 aromatic heterocycles. The molecule has 0 radical (unpaired) electrons. The molecule has 4 nitrogen and oxygen atoms in total. The first kappa shape index (κ1) is 18.4. The molecule has 0 saturated carbocycles. The van der Waals surface area contributed by atoms with Crippen LogP contribution in [0.1, 0.15) is 47.5 Å². The topological polar surface area (TPSA) is 58.6 Å². The normalized spacial score (nSPS) is 15.4. The van der Waals surface area contributed by atoms with Gasteiger partial charge in [0.1, 0.15) is 12.7 Å². The van der Waals surface area contributed by atoms with E-state index in [1.807, 2.05) is 0 Å². The van der Waals surface area contributed by atoms with Crippen molar-refractivity contribution in [2.45, 2.75) is 53.6 Å². The number of hydrogen-bond donors (Lipinski definition) is 2. The molecule has 4 heteroatoms. The minimum atomic E-state index is -0.636. The van der Waals surface area contributed by atoms with Crippen molar-refractivity contribution in [3.8, 4) is 0 Å². The van der Waals surface area contributed by atoms with Gasteiger partial charge in [-0.25, -0.2) is 0 Å². The van der Waals surface area contributed by atoms with Gasteiger partial charge < -0.3 is 15.2 Å². The van der Waals surface area contributed by atoms with Crippen LogP contribution < -0.4 is 5.32 Å². The van der Waals surface area contributed by atoms with Crippen LogP contribution in [-0.4, -0.2) is 37.4 Å². The SMILES string of the molecule is CNCC(O)COC(=O)C(CC(C)C)CC(C)(C)C. The maximum absolute atomic E-state index is 12.1. The lowest BCUT2D eigenvalue weighted by Crippen LogP contribution is -2.32. The maximum atomic E-state index is 12.1. The summed E-state index contributed by atoms with van der Waals surface area (Å²) in [7, 11) is 1.76. The molecule has 0 fully saturated rings. The molecule has 114 valence electrons. The van der Waals surface area contributed by atoms with Crippen LogP contribution in [0.15, 0.2) is 0 Å². The number of aliphatic hydroxyl groups is 1. The van der Waals surface area contributed by atoms with Gasteiger partial charge in [0.15, 0.2) is 0 Å². The second-order valence-corrected chi connectivity index (χ2v) is 6.93. The molecule has 0 aliphatic heterocycles. The summed E-state index contributed by atoms with van der Waals surface area (Å²) in [5.74, 6) is 0.197. The van der Waals surface area contributed by atoms with E-state index in [0.717, 1.165) is 12.8 Å². The monoisotopic (exact) mass is 273 g/mol. The molecule has 2 unspecified atom stereocenters. The lowest BCUT2D eigenvalue weighted by atomic mass is 9.81. The predicted octanol–water partition coefficient (Wildman–Crippen LogP) is 2.21. The van der Waals surface area contributed by atoms with E-state index in [2.05, 4.69) is 39.9 Å². The average molecular weight is 273 g/mol. The molecule has 0 amide bonds. The number of carbonyl (C=O) groups excluding carboxylic acids is 1. The molecule has 2 atom stereocenters. The van der Waals surface area contributed by atoms with Crippen molar-refractivity contribution in [1.29, 1.82) is 0 Å². The fraction of sp³-hybridized carbons (Fsp3) is 0.933. The Bertz CT molecular complexity index is 259. The minimum absolute atomic E-state index is 0.0679. The van der Waals surface area contributed by atoms with Crippen LogP contribution in [0.25, 0.3) is 0 Å². The maximum Gasteiger partial charge on any atom is 0.309 e. The molecular weight excluding hydrogens is 242 g/mol. The van der Waals surface area contributed by atoms with Crippen molar-refractivity contribution < 1.29 is 14.6 Å². The van der Waals surface area contributed by atoms with Crippen molar-refractivity contribution in [3.05, 3.63) is 0 Å². The van der Waals surface area contributed by atoms with Gasteiger partial charge >= 0.3 is 5.97 Å². The molecule has 0 heterocycles. The van der Waals surface area contributed by atoms with Gasteiger partial charge in [0.05, 0.1) is 5.92 Å². The second-order valence-electron chi connectivity index (χ2n) is 6.93. The largest absolute Gasteiger partial charge is 0.463 e. The van der Waals surface area contributed by atoms with Gasteiger partial charge in [-0.1, -0.05) is 34.6 Å². The molecule has 2 N–H and O–H groups in total. The number of nitrogens with one attached hydrogen (secondary N) is 1. The molecule has 0 aliphatic carbocycles. The van der Waals surface area contributed by atoms with Crippen LogP contribution in [0.4, 0.5) is 0 Å². The van der Waals surface area contributed by atoms with Crippen molar-refractivity contribution >= 4 is 5.97 Å². The van der Waals surface area contributed by atoms with Gasteiger partial charge in [-0.3, -0.25) is 4.79 Å². The van der Waals surface area contributed by atoms with Crippen LogP contribution in [0.5, 0.6) is 0 Å². The summed E-state index contributed by atoms with van der Waals surface area (Å²) in [5.41, 5.74) is 0.0994. The zero-order valence-electron chi connectivity index (χ0n) is 13.3. The molecule has 0 rings (SSSR count). The second kappa shape index (κ2) is 8.54. The zero-order chi connectivity index (χ0) is 15.1. The molecule has 19 heavy (non-hydrogen) atoms. The van der Waals surface area contributed by atoms with Crippen molar-refractivity contribution in [2.24, 2.45) is 17.3 Å². The Morgan fingerprint density at radius 3 is 2.32 bits per heavy atom. The molecule has 0 aromatic carbocycles. The standard InChI is InChI=1S/C15H31NO3/c1-11(2)7-12(8-15(3,4)5)14(18)19-10-13(17)9-16-6/h11-13,16-17H,7-10H2,1-6H3. The Kier molecular flexibility index (Phi) is 8.26. The summed E-state index contributed by atoms with van der Waals surface area (Å²) in [5, 5.41) is 12.4. The summed E-state index contributed by atoms with van der Waals surface area (Å²) in [6, 6.07) is 0. The van der Waals surface area contributed by atoms with Crippen LogP contribution in [0.3, 0.4) is 0 Å². The Morgan fingerprint density at radius 1 is 1.32 bits per heavy atom. The summed E-state index contributed by atoms with van der Waals surface area (Å²) in [6.45, 7) is 11.1. The lowest BCUT2D eigenvalue weighted by molar-refractivity contribution is -0.153. The first-order valence-corrected chi connectivity index (χ1v) is 7.15. The van der Waals surface area contributed by atoms with E-state index < -0.39 is 6.10 Å². The Labute approximate surface area is 117 Å². The smallest absolute Gasteiger partial charge is 0.309 e. The van der Waals surface area contributed by atoms with E-state index in [4.69, 9.17) is 4.74 Å². The van der Waals surface area contributed by atoms with E-state index >= 15 is 0 Å². The highest BCUT2D eigenvalue weighted by atomic mass is 16.5. The van der Waals surface area contributed by atoms with Gasteiger partial charge in [-0.2, -0.15) is 0 Å². The van der Waals surface area contributed by atoms with Crippen molar-refractivity contribution in [2.75, 3.05) is 20.2 Å². The molecule has 0 aromatic rings. The van der Waals surface area contributed by atoms with E-state index in [9.17, 15) is 9.90 Å². The number of ether oxygens (including phenoxy) is 1. The third-order valence-corrected chi connectivity index (χ3v) is 2.81. The van der Waals surface area contributed by atoms with Crippen LogP contribution in [0.2, 0.25) is 0 Å². The third kappa shape index (κ3) is 9.91. The molecule has 0 saturated heterocycles. The number of likely N-dealkylation sites (N-methyl/N-ethyl adjacent to an activating group) is 1. The number of esters is 1. The third-order valence-electron chi connectivity index (χ3n) is 2.81. The van der Waals surface area contributed by atoms with Gasteiger partial charge in [0.25, 0.3) is 0 Å². The predicted molar refractivity (Wildman–Crippen MR) is 77.9 cm³/mol. The number of hydrogen-bond acceptors (Lipinski definition) is 4. The highest BCUT2D eigenvalue weighted by Crippen LogP contribution is 2.29. The summed E-state index contributed by atoms with van der Waals surface area (Å²) < 4.78 is 5.24. The van der Waals surface area contributed by atoms with Crippen LogP contribution in [-0.2, 0) is 9.53 Å². The summed E-state index contributed by atoms with van der Waals surface area (Å²) in [4.78, 5) is 12.1. The van der Waals surface area contributed by atoms with Crippen LogP contribution in [0, 0.1) is 17.3 Å². The zero-order valence-corrected chi connectivity index (χ0v) is 13.3. The van der Waals surface area contributed by atoms with Crippen LogP contribution >= 0.6 is 0 Å². The lowest BCUT2D eigenvalue weighted by Gasteiger charge is -2.26. The molecule has 0 spiro atoms. The van der Waals surface area contributed by atoms with Gasteiger partial charge in [-0.15, -0.1) is 0 Å². The molecule has 0 aliphatic rings. The first-order valence-electron chi connectivity index (χ1n) is 7.15. The average Bonchev–Trinajstić information content (AvgIpc) is 2.22. The van der Waals surface area contributed by atoms with E-state index in [-0.39, 0.29) is 23.9 Å². The highest BCUT2D eigenvalue weighted by molar-refractivity contribution is 5.72. The first-order chi connectivity index (χ1) is 8.65. The Hall–Kier alpha value is -0.610. The number of rotatable bonds is 8. The highest BCUT2D eigenvalue weighted by Gasteiger charge is 2.27.